The number of hydrogen-bond acceptors (Lipinski definition) is 6. The van der Waals surface area contributed by atoms with Crippen LogP contribution in [0.4, 0.5) is 21.7 Å². The fraction of sp³-hybridized carbons (Fsp3) is 0.200. The van der Waals surface area contributed by atoms with E-state index in [1.165, 1.54) is 11.9 Å². The number of amides is 2. The average molecular weight is 396 g/mol. The van der Waals surface area contributed by atoms with Gasteiger partial charge in [-0.25, -0.2) is 9.37 Å². The number of nitrogens with zero attached hydrogens (tertiary/aromatic N) is 3. The zero-order valence-electron chi connectivity index (χ0n) is 16.0. The van der Waals surface area contributed by atoms with Crippen LogP contribution in [0.25, 0.3) is 10.8 Å². The summed E-state index contributed by atoms with van der Waals surface area (Å²) >= 11 is 0. The molecule has 5 N–H and O–H groups in total. The molecule has 0 radical (unpaired) electrons. The topological polar surface area (TPSA) is 127 Å². The van der Waals surface area contributed by atoms with Crippen LogP contribution in [0.5, 0.6) is 0 Å². The molecule has 29 heavy (non-hydrogen) atoms. The Hall–Kier alpha value is -3.75. The maximum absolute atomic E-state index is 14.6. The molecular formula is C20H21FN6O2. The molecular weight excluding hydrogens is 375 g/mol. The van der Waals surface area contributed by atoms with Gasteiger partial charge in [0.15, 0.2) is 11.6 Å². The zero-order chi connectivity index (χ0) is 21.1. The molecule has 1 aromatic carbocycles. The van der Waals surface area contributed by atoms with E-state index in [1.54, 1.807) is 25.4 Å². The highest BCUT2D eigenvalue weighted by Gasteiger charge is 2.25. The van der Waals surface area contributed by atoms with Crippen LogP contribution in [-0.4, -0.2) is 34.9 Å². The molecule has 8 nitrogen and oxygen atoms in total. The van der Waals surface area contributed by atoms with Crippen molar-refractivity contribution in [3.63, 3.8) is 0 Å². The SMILES string of the molecule is CCC(C(N)=O)N(C)c1nc(Nc2ccc3ccncc3c2)c(C(N)=O)cc1F. The second kappa shape index (κ2) is 8.09. The third-order valence-electron chi connectivity index (χ3n) is 4.64. The summed E-state index contributed by atoms with van der Waals surface area (Å²) in [6.07, 6.45) is 3.75. The molecule has 0 saturated heterocycles. The van der Waals surface area contributed by atoms with Crippen molar-refractivity contribution in [2.24, 2.45) is 11.5 Å². The van der Waals surface area contributed by atoms with E-state index in [0.29, 0.717) is 12.1 Å². The Morgan fingerprint density at radius 1 is 1.21 bits per heavy atom. The van der Waals surface area contributed by atoms with E-state index >= 15 is 0 Å². The second-order valence-electron chi connectivity index (χ2n) is 6.55. The molecule has 3 rings (SSSR count). The summed E-state index contributed by atoms with van der Waals surface area (Å²) in [6.45, 7) is 1.75. The molecule has 0 spiro atoms. The highest BCUT2D eigenvalue weighted by Crippen LogP contribution is 2.28. The van der Waals surface area contributed by atoms with Crippen molar-refractivity contribution in [2.45, 2.75) is 19.4 Å². The van der Waals surface area contributed by atoms with Crippen molar-refractivity contribution in [1.29, 1.82) is 0 Å². The maximum Gasteiger partial charge on any atom is 0.252 e. The Kier molecular flexibility index (Phi) is 5.58. The normalized spacial score (nSPS) is 11.8. The Balaban J connectivity index is 2.05. The van der Waals surface area contributed by atoms with Gasteiger partial charge in [-0.3, -0.25) is 14.6 Å². The van der Waals surface area contributed by atoms with Gasteiger partial charge in [0, 0.05) is 30.5 Å². The molecule has 1 atom stereocenters. The van der Waals surface area contributed by atoms with Crippen molar-refractivity contribution in [2.75, 3.05) is 17.3 Å². The molecule has 3 aromatic rings. The van der Waals surface area contributed by atoms with Crippen LogP contribution in [0.3, 0.4) is 0 Å². The third-order valence-corrected chi connectivity index (χ3v) is 4.64. The van der Waals surface area contributed by atoms with E-state index in [1.807, 2.05) is 18.2 Å². The lowest BCUT2D eigenvalue weighted by Crippen LogP contribution is -2.43. The first kappa shape index (κ1) is 20.0. The van der Waals surface area contributed by atoms with Gasteiger partial charge in [0.1, 0.15) is 11.9 Å². The molecule has 2 amide bonds. The summed E-state index contributed by atoms with van der Waals surface area (Å²) in [5.41, 5.74) is 11.3. The first-order chi connectivity index (χ1) is 13.8. The van der Waals surface area contributed by atoms with Gasteiger partial charge in [-0.1, -0.05) is 13.0 Å². The number of pyridine rings is 2. The monoisotopic (exact) mass is 396 g/mol. The average Bonchev–Trinajstić information content (AvgIpc) is 2.68. The van der Waals surface area contributed by atoms with E-state index in [9.17, 15) is 14.0 Å². The van der Waals surface area contributed by atoms with Crippen molar-refractivity contribution in [1.82, 2.24) is 9.97 Å². The Morgan fingerprint density at radius 3 is 2.62 bits per heavy atom. The number of fused-ring (bicyclic) bond motifs is 1. The van der Waals surface area contributed by atoms with Crippen molar-refractivity contribution in [3.05, 3.63) is 54.1 Å². The van der Waals surface area contributed by atoms with Crippen molar-refractivity contribution in [3.8, 4) is 0 Å². The molecule has 2 aromatic heterocycles. The number of aromatic nitrogens is 2. The quantitative estimate of drug-likeness (QED) is 0.562. The van der Waals surface area contributed by atoms with Gasteiger partial charge >= 0.3 is 0 Å². The summed E-state index contributed by atoms with van der Waals surface area (Å²) < 4.78 is 14.6. The number of halogens is 1. The molecule has 0 saturated carbocycles. The van der Waals surface area contributed by atoms with Gasteiger partial charge in [-0.05, 0) is 36.1 Å². The van der Waals surface area contributed by atoms with Crippen LogP contribution in [0.15, 0.2) is 42.7 Å². The molecule has 0 bridgehead atoms. The molecule has 2 heterocycles. The number of nitrogens with one attached hydrogen (secondary N) is 1. The minimum atomic E-state index is -0.836. The number of carbonyl (C=O) groups is 2. The number of hydrogen-bond donors (Lipinski definition) is 3. The maximum atomic E-state index is 14.6. The van der Waals surface area contributed by atoms with E-state index < -0.39 is 23.7 Å². The molecule has 0 aliphatic heterocycles. The summed E-state index contributed by atoms with van der Waals surface area (Å²) in [7, 11) is 1.51. The predicted molar refractivity (Wildman–Crippen MR) is 109 cm³/mol. The lowest BCUT2D eigenvalue weighted by atomic mass is 10.1. The highest BCUT2D eigenvalue weighted by atomic mass is 19.1. The molecule has 0 aliphatic carbocycles. The summed E-state index contributed by atoms with van der Waals surface area (Å²) in [5, 5.41) is 4.86. The lowest BCUT2D eigenvalue weighted by Gasteiger charge is -2.26. The fourth-order valence-electron chi connectivity index (χ4n) is 3.12. The van der Waals surface area contributed by atoms with Crippen LogP contribution in [-0.2, 0) is 4.79 Å². The zero-order valence-corrected chi connectivity index (χ0v) is 16.0. The van der Waals surface area contributed by atoms with Gasteiger partial charge in [0.25, 0.3) is 5.91 Å². The van der Waals surface area contributed by atoms with Crippen LogP contribution < -0.4 is 21.7 Å². The molecule has 1 unspecified atom stereocenters. The van der Waals surface area contributed by atoms with Crippen molar-refractivity contribution < 1.29 is 14.0 Å². The largest absolute Gasteiger partial charge is 0.368 e. The van der Waals surface area contributed by atoms with Crippen LogP contribution in [0.2, 0.25) is 0 Å². The smallest absolute Gasteiger partial charge is 0.252 e. The first-order valence-electron chi connectivity index (χ1n) is 8.95. The van der Waals surface area contributed by atoms with E-state index in [2.05, 4.69) is 15.3 Å². The second-order valence-corrected chi connectivity index (χ2v) is 6.55. The molecule has 0 fully saturated rings. The Morgan fingerprint density at radius 2 is 1.97 bits per heavy atom. The van der Waals surface area contributed by atoms with Gasteiger partial charge in [0.05, 0.1) is 5.56 Å². The molecule has 9 heteroatoms. The van der Waals surface area contributed by atoms with Crippen LogP contribution in [0, 0.1) is 5.82 Å². The number of primary amides is 2. The summed E-state index contributed by atoms with van der Waals surface area (Å²) in [6, 6.07) is 7.60. The molecule has 0 aliphatic rings. The van der Waals surface area contributed by atoms with E-state index in [4.69, 9.17) is 11.5 Å². The minimum Gasteiger partial charge on any atom is -0.368 e. The van der Waals surface area contributed by atoms with Crippen LogP contribution >= 0.6 is 0 Å². The highest BCUT2D eigenvalue weighted by molar-refractivity contribution is 5.99. The van der Waals surface area contributed by atoms with Crippen molar-refractivity contribution >= 4 is 39.9 Å². The summed E-state index contributed by atoms with van der Waals surface area (Å²) in [4.78, 5) is 33.2. The number of nitrogens with two attached hydrogens (primary N) is 2. The predicted octanol–water partition coefficient (Wildman–Crippen LogP) is 2.31. The van der Waals surface area contributed by atoms with Gasteiger partial charge in [-0.2, -0.15) is 0 Å². The Labute approximate surface area is 166 Å². The number of carbonyl (C=O) groups excluding carboxylic acids is 2. The first-order valence-corrected chi connectivity index (χ1v) is 8.95. The van der Waals surface area contributed by atoms with Gasteiger partial charge in [-0.15, -0.1) is 0 Å². The number of rotatable bonds is 7. The summed E-state index contributed by atoms with van der Waals surface area (Å²) in [5.74, 6) is -2.27. The lowest BCUT2D eigenvalue weighted by molar-refractivity contribution is -0.119. The van der Waals surface area contributed by atoms with E-state index in [0.717, 1.165) is 16.8 Å². The fourth-order valence-corrected chi connectivity index (χ4v) is 3.12. The van der Waals surface area contributed by atoms with E-state index in [-0.39, 0.29) is 17.2 Å². The number of anilines is 3. The van der Waals surface area contributed by atoms with Gasteiger partial charge < -0.3 is 21.7 Å². The van der Waals surface area contributed by atoms with Crippen LogP contribution in [0.1, 0.15) is 23.7 Å². The standard InChI is InChI=1S/C20H21FN6O2/c1-3-16(18(23)29)27(2)20-15(21)9-14(17(22)28)19(26-20)25-13-5-4-11-6-7-24-10-12(11)8-13/h4-10,16H,3H2,1-2H3,(H2,22,28)(H2,23,29)(H,25,26). The van der Waals surface area contributed by atoms with Gasteiger partial charge in [0.2, 0.25) is 5.91 Å². The Bertz CT molecular complexity index is 1090. The minimum absolute atomic E-state index is 0.0725. The number of likely N-dealkylation sites (N-methyl/N-ethyl adjacent to an activating group) is 1. The number of benzene rings is 1. The third kappa shape index (κ3) is 4.08. The molecule has 150 valence electrons.